The zero-order chi connectivity index (χ0) is 12.0. The van der Waals surface area contributed by atoms with Crippen molar-refractivity contribution in [1.82, 2.24) is 4.31 Å². The van der Waals surface area contributed by atoms with Crippen molar-refractivity contribution in [1.29, 1.82) is 0 Å². The molecule has 16 heavy (non-hydrogen) atoms. The lowest BCUT2D eigenvalue weighted by Gasteiger charge is -2.15. The summed E-state index contributed by atoms with van der Waals surface area (Å²) in [5.74, 6) is 0.0769. The van der Waals surface area contributed by atoms with E-state index < -0.39 is 10.0 Å². The maximum atomic E-state index is 11.7. The fourth-order valence-corrected chi connectivity index (χ4v) is 2.49. The molecule has 0 fully saturated rings. The first-order valence-electron chi connectivity index (χ1n) is 5.15. The predicted octanol–water partition coefficient (Wildman–Crippen LogP) is 0.483. The fourth-order valence-electron chi connectivity index (χ4n) is 1.33. The highest BCUT2D eigenvalue weighted by Crippen LogP contribution is 2.04. The predicted molar refractivity (Wildman–Crippen MR) is 63.6 cm³/mol. The van der Waals surface area contributed by atoms with Crippen molar-refractivity contribution < 1.29 is 13.5 Å². The molecular formula is C11H17NO3S. The third-order valence-electron chi connectivity index (χ3n) is 2.38. The molecule has 1 aromatic rings. The van der Waals surface area contributed by atoms with Gasteiger partial charge >= 0.3 is 0 Å². The van der Waals surface area contributed by atoms with Gasteiger partial charge in [-0.25, -0.2) is 12.7 Å². The van der Waals surface area contributed by atoms with Crippen molar-refractivity contribution in [2.75, 3.05) is 26.0 Å². The van der Waals surface area contributed by atoms with Gasteiger partial charge in [0, 0.05) is 13.6 Å². The third-order valence-corrected chi connectivity index (χ3v) is 4.23. The van der Waals surface area contributed by atoms with Crippen molar-refractivity contribution in [2.24, 2.45) is 0 Å². The van der Waals surface area contributed by atoms with Crippen molar-refractivity contribution in [2.45, 2.75) is 6.42 Å². The topological polar surface area (TPSA) is 57.6 Å². The summed E-state index contributed by atoms with van der Waals surface area (Å²) in [6.07, 6.45) is 0.499. The van der Waals surface area contributed by atoms with E-state index in [0.29, 0.717) is 6.42 Å². The molecule has 0 saturated heterocycles. The van der Waals surface area contributed by atoms with Crippen LogP contribution in [0.25, 0.3) is 0 Å². The summed E-state index contributed by atoms with van der Waals surface area (Å²) in [6.45, 7) is -0.00180. The Morgan fingerprint density at radius 3 is 2.44 bits per heavy atom. The maximum absolute atomic E-state index is 11.7. The summed E-state index contributed by atoms with van der Waals surface area (Å²) >= 11 is 0. The average molecular weight is 243 g/mol. The Balaban J connectivity index is 2.55. The summed E-state index contributed by atoms with van der Waals surface area (Å²) in [5, 5.41) is 8.68. The fraction of sp³-hybridized carbons (Fsp3) is 0.455. The van der Waals surface area contributed by atoms with Gasteiger partial charge in [0.25, 0.3) is 0 Å². The highest BCUT2D eigenvalue weighted by atomic mass is 32.2. The summed E-state index contributed by atoms with van der Waals surface area (Å²) in [6, 6.07) is 9.48. The average Bonchev–Trinajstić information content (AvgIpc) is 2.28. The molecule has 4 nitrogen and oxygen atoms in total. The smallest absolute Gasteiger partial charge is 0.214 e. The van der Waals surface area contributed by atoms with Crippen LogP contribution >= 0.6 is 0 Å². The van der Waals surface area contributed by atoms with Gasteiger partial charge in [-0.1, -0.05) is 30.3 Å². The Labute approximate surface area is 96.6 Å². The lowest BCUT2D eigenvalue weighted by Crippen LogP contribution is -2.32. The van der Waals surface area contributed by atoms with E-state index in [4.69, 9.17) is 5.11 Å². The van der Waals surface area contributed by atoms with Crippen LogP contribution in [0.3, 0.4) is 0 Å². The zero-order valence-corrected chi connectivity index (χ0v) is 10.2. The molecule has 90 valence electrons. The molecule has 0 spiro atoms. The largest absolute Gasteiger partial charge is 0.395 e. The molecular weight excluding hydrogens is 226 g/mol. The van der Waals surface area contributed by atoms with Gasteiger partial charge in [0.05, 0.1) is 12.4 Å². The van der Waals surface area contributed by atoms with Gasteiger partial charge < -0.3 is 5.11 Å². The zero-order valence-electron chi connectivity index (χ0n) is 9.33. The van der Waals surface area contributed by atoms with E-state index in [1.54, 1.807) is 0 Å². The van der Waals surface area contributed by atoms with Crippen LogP contribution in [0, 0.1) is 0 Å². The van der Waals surface area contributed by atoms with Crippen LogP contribution < -0.4 is 0 Å². The monoisotopic (exact) mass is 243 g/mol. The van der Waals surface area contributed by atoms with Gasteiger partial charge in [0.2, 0.25) is 10.0 Å². The standard InChI is InChI=1S/C11H17NO3S/c1-12(8-9-13)16(14,15)10-7-11-5-3-2-4-6-11/h2-6,13H,7-10H2,1H3. The minimum Gasteiger partial charge on any atom is -0.395 e. The maximum Gasteiger partial charge on any atom is 0.214 e. The first kappa shape index (κ1) is 13.2. The second-order valence-corrected chi connectivity index (χ2v) is 5.79. The Morgan fingerprint density at radius 2 is 1.88 bits per heavy atom. The van der Waals surface area contributed by atoms with Crippen LogP contribution in [0.1, 0.15) is 5.56 Å². The number of nitrogens with zero attached hydrogens (tertiary/aromatic N) is 1. The molecule has 0 atom stereocenters. The number of likely N-dealkylation sites (N-methyl/N-ethyl adjacent to an activating group) is 1. The number of sulfonamides is 1. The van der Waals surface area contributed by atoms with Crippen molar-refractivity contribution >= 4 is 10.0 Å². The van der Waals surface area contributed by atoms with Crippen LogP contribution in [0.2, 0.25) is 0 Å². The molecule has 5 heteroatoms. The summed E-state index contributed by atoms with van der Waals surface area (Å²) < 4.78 is 24.6. The van der Waals surface area contributed by atoms with E-state index in [1.165, 1.54) is 11.4 Å². The minimum absolute atomic E-state index is 0.0769. The molecule has 0 saturated carbocycles. The summed E-state index contributed by atoms with van der Waals surface area (Å²) in [5.41, 5.74) is 1.00. The number of aliphatic hydroxyl groups excluding tert-OH is 1. The molecule has 0 radical (unpaired) electrons. The number of hydrogen-bond acceptors (Lipinski definition) is 3. The highest BCUT2D eigenvalue weighted by Gasteiger charge is 2.16. The van der Waals surface area contributed by atoms with Gasteiger partial charge in [-0.2, -0.15) is 0 Å². The van der Waals surface area contributed by atoms with Crippen LogP contribution in [0.5, 0.6) is 0 Å². The molecule has 0 bridgehead atoms. The van der Waals surface area contributed by atoms with Gasteiger partial charge in [-0.3, -0.25) is 0 Å². The number of aliphatic hydroxyl groups is 1. The number of hydrogen-bond donors (Lipinski definition) is 1. The minimum atomic E-state index is -3.25. The SMILES string of the molecule is CN(CCO)S(=O)(=O)CCc1ccccc1. The summed E-state index contributed by atoms with van der Waals surface area (Å²) in [4.78, 5) is 0. The number of aryl methyl sites for hydroxylation is 1. The van der Waals surface area contributed by atoms with Crippen molar-refractivity contribution in [3.05, 3.63) is 35.9 Å². The first-order valence-corrected chi connectivity index (χ1v) is 6.76. The molecule has 0 aliphatic carbocycles. The van der Waals surface area contributed by atoms with Gasteiger partial charge in [-0.15, -0.1) is 0 Å². The molecule has 0 aromatic heterocycles. The number of rotatable bonds is 6. The second kappa shape index (κ2) is 5.98. The number of benzene rings is 1. The Kier molecular flexibility index (Phi) is 4.92. The van der Waals surface area contributed by atoms with Crippen LogP contribution in [-0.4, -0.2) is 43.8 Å². The Hall–Kier alpha value is -0.910. The van der Waals surface area contributed by atoms with E-state index in [0.717, 1.165) is 5.56 Å². The second-order valence-electron chi connectivity index (χ2n) is 3.60. The van der Waals surface area contributed by atoms with Crippen molar-refractivity contribution in [3.8, 4) is 0 Å². The van der Waals surface area contributed by atoms with E-state index in [1.807, 2.05) is 30.3 Å². The van der Waals surface area contributed by atoms with Gasteiger partial charge in [0.1, 0.15) is 0 Å². The molecule has 1 N–H and O–H groups in total. The van der Waals surface area contributed by atoms with E-state index >= 15 is 0 Å². The van der Waals surface area contributed by atoms with Crippen LogP contribution in [-0.2, 0) is 16.4 Å². The first-order chi connectivity index (χ1) is 7.56. The Bertz CT molecular complexity index is 402. The van der Waals surface area contributed by atoms with Crippen LogP contribution in [0.15, 0.2) is 30.3 Å². The highest BCUT2D eigenvalue weighted by molar-refractivity contribution is 7.89. The van der Waals surface area contributed by atoms with E-state index in [9.17, 15) is 8.42 Å². The van der Waals surface area contributed by atoms with Crippen molar-refractivity contribution in [3.63, 3.8) is 0 Å². The lowest BCUT2D eigenvalue weighted by atomic mass is 10.2. The van der Waals surface area contributed by atoms with E-state index in [2.05, 4.69) is 0 Å². The summed E-state index contributed by atoms with van der Waals surface area (Å²) in [7, 11) is -1.76. The molecule has 1 aromatic carbocycles. The molecule has 1 rings (SSSR count). The quantitative estimate of drug-likeness (QED) is 0.791. The Morgan fingerprint density at radius 1 is 1.25 bits per heavy atom. The van der Waals surface area contributed by atoms with Gasteiger partial charge in [0.15, 0.2) is 0 Å². The molecule has 0 aliphatic rings. The molecule has 0 amide bonds. The van der Waals surface area contributed by atoms with Crippen LogP contribution in [0.4, 0.5) is 0 Å². The third kappa shape index (κ3) is 3.92. The molecule has 0 unspecified atom stereocenters. The molecule has 0 heterocycles. The van der Waals surface area contributed by atoms with E-state index in [-0.39, 0.29) is 18.9 Å². The lowest BCUT2D eigenvalue weighted by molar-refractivity contribution is 0.266. The van der Waals surface area contributed by atoms with Gasteiger partial charge in [-0.05, 0) is 12.0 Å². The normalized spacial score (nSPS) is 11.9. The molecule has 0 aliphatic heterocycles.